The van der Waals surface area contributed by atoms with Crippen LogP contribution in [0.4, 0.5) is 0 Å². The third-order valence-corrected chi connectivity index (χ3v) is 4.17. The Labute approximate surface area is 146 Å². The summed E-state index contributed by atoms with van der Waals surface area (Å²) >= 11 is 0. The molecule has 2 rings (SSSR count). The van der Waals surface area contributed by atoms with Gasteiger partial charge >= 0.3 is 5.97 Å². The molecule has 0 saturated heterocycles. The van der Waals surface area contributed by atoms with Crippen molar-refractivity contribution in [1.82, 2.24) is 0 Å². The van der Waals surface area contributed by atoms with Crippen molar-refractivity contribution in [3.63, 3.8) is 0 Å². The number of aromatic hydroxyl groups is 2. The Morgan fingerprint density at radius 2 is 1.88 bits per heavy atom. The van der Waals surface area contributed by atoms with E-state index in [1.54, 1.807) is 13.0 Å². The van der Waals surface area contributed by atoms with Crippen LogP contribution in [0, 0.1) is 0 Å². The first-order chi connectivity index (χ1) is 11.9. The normalized spacial score (nSPS) is 20.9. The second-order valence-corrected chi connectivity index (χ2v) is 6.18. The monoisotopic (exact) mass is 346 g/mol. The molecule has 1 aromatic carbocycles. The molecule has 1 aromatic rings. The number of hydrogen-bond donors (Lipinski definition) is 2. The van der Waals surface area contributed by atoms with Gasteiger partial charge in [-0.05, 0) is 32.6 Å². The molecule has 0 aliphatic carbocycles. The Kier molecular flexibility index (Phi) is 6.33. The van der Waals surface area contributed by atoms with Gasteiger partial charge in [-0.1, -0.05) is 12.2 Å². The number of carbonyl (C=O) groups excluding carboxylic acids is 3. The standard InChI is InChI=1S/C19H22O6/c1-12-6-5-8-13(21)7-3-2-4-9-14-15(11-20)16(22)10-17(23)18(14)19(24)25-12/h4,9-12,22-23H,2-3,5-8H2,1H3/b9-4+. The van der Waals surface area contributed by atoms with Gasteiger partial charge in [-0.25, -0.2) is 4.79 Å². The van der Waals surface area contributed by atoms with Crippen molar-refractivity contribution in [2.24, 2.45) is 0 Å². The van der Waals surface area contributed by atoms with E-state index in [0.717, 1.165) is 6.07 Å². The van der Waals surface area contributed by atoms with Crippen LogP contribution in [-0.2, 0) is 9.53 Å². The summed E-state index contributed by atoms with van der Waals surface area (Å²) in [6.07, 6.45) is 6.51. The molecule has 1 unspecified atom stereocenters. The van der Waals surface area contributed by atoms with Gasteiger partial charge in [0.25, 0.3) is 0 Å². The van der Waals surface area contributed by atoms with Crippen molar-refractivity contribution in [1.29, 1.82) is 0 Å². The van der Waals surface area contributed by atoms with E-state index >= 15 is 0 Å². The number of benzene rings is 1. The summed E-state index contributed by atoms with van der Waals surface area (Å²) in [5.41, 5.74) is -0.110. The SMILES string of the molecule is CC1CCCC(=O)CCC/C=C/c2c(C=O)c(O)cc(O)c2C(=O)O1. The van der Waals surface area contributed by atoms with Gasteiger partial charge < -0.3 is 14.9 Å². The Morgan fingerprint density at radius 3 is 2.60 bits per heavy atom. The lowest BCUT2D eigenvalue weighted by Gasteiger charge is -2.16. The van der Waals surface area contributed by atoms with Crippen molar-refractivity contribution >= 4 is 24.1 Å². The topological polar surface area (TPSA) is 101 Å². The highest BCUT2D eigenvalue weighted by molar-refractivity contribution is 6.01. The fourth-order valence-electron chi connectivity index (χ4n) is 2.83. The number of carbonyl (C=O) groups is 3. The molecule has 134 valence electrons. The Hall–Kier alpha value is -2.63. The van der Waals surface area contributed by atoms with Crippen molar-refractivity contribution < 1.29 is 29.3 Å². The van der Waals surface area contributed by atoms with Gasteiger partial charge in [-0.3, -0.25) is 9.59 Å². The van der Waals surface area contributed by atoms with E-state index in [-0.39, 0.29) is 22.5 Å². The van der Waals surface area contributed by atoms with Crippen LogP contribution in [0.5, 0.6) is 11.5 Å². The fourth-order valence-corrected chi connectivity index (χ4v) is 2.83. The third-order valence-electron chi connectivity index (χ3n) is 4.17. The van der Waals surface area contributed by atoms with E-state index in [1.807, 2.05) is 0 Å². The highest BCUT2D eigenvalue weighted by Gasteiger charge is 2.24. The summed E-state index contributed by atoms with van der Waals surface area (Å²) in [6.45, 7) is 1.71. The predicted molar refractivity (Wildman–Crippen MR) is 91.8 cm³/mol. The molecule has 1 heterocycles. The predicted octanol–water partition coefficient (Wildman–Crippen LogP) is 3.39. The zero-order valence-corrected chi connectivity index (χ0v) is 14.2. The van der Waals surface area contributed by atoms with E-state index in [1.165, 1.54) is 6.08 Å². The van der Waals surface area contributed by atoms with Gasteiger partial charge in [0.1, 0.15) is 22.8 Å². The van der Waals surface area contributed by atoms with Crippen LogP contribution >= 0.6 is 0 Å². The van der Waals surface area contributed by atoms with Crippen molar-refractivity contribution in [3.8, 4) is 11.5 Å². The molecule has 25 heavy (non-hydrogen) atoms. The average molecular weight is 346 g/mol. The number of cyclic esters (lactones) is 1. The molecule has 2 N–H and O–H groups in total. The molecule has 0 radical (unpaired) electrons. The van der Waals surface area contributed by atoms with Gasteiger partial charge in [0.05, 0.1) is 11.7 Å². The van der Waals surface area contributed by atoms with Gasteiger partial charge in [0, 0.05) is 24.5 Å². The number of ketones is 1. The second-order valence-electron chi connectivity index (χ2n) is 6.18. The molecule has 0 fully saturated rings. The molecule has 0 saturated carbocycles. The van der Waals surface area contributed by atoms with E-state index in [0.29, 0.717) is 44.8 Å². The van der Waals surface area contributed by atoms with Crippen LogP contribution in [0.25, 0.3) is 6.08 Å². The van der Waals surface area contributed by atoms with Crippen LogP contribution in [0.2, 0.25) is 0 Å². The number of hydrogen-bond acceptors (Lipinski definition) is 6. The Bertz CT molecular complexity index is 704. The summed E-state index contributed by atoms with van der Waals surface area (Å²) in [5.74, 6) is -1.44. The van der Waals surface area contributed by atoms with Crippen molar-refractivity contribution in [2.45, 2.75) is 51.6 Å². The number of phenols is 2. The van der Waals surface area contributed by atoms with E-state index < -0.39 is 23.6 Å². The number of phenolic OH excluding ortho intramolecular Hbond substituents is 2. The zero-order valence-electron chi connectivity index (χ0n) is 14.2. The Morgan fingerprint density at radius 1 is 1.16 bits per heavy atom. The number of esters is 1. The Balaban J connectivity index is 2.47. The first-order valence-corrected chi connectivity index (χ1v) is 8.37. The lowest BCUT2D eigenvalue weighted by Crippen LogP contribution is -2.17. The van der Waals surface area contributed by atoms with E-state index in [2.05, 4.69) is 0 Å². The molecule has 0 spiro atoms. The van der Waals surface area contributed by atoms with Crippen LogP contribution in [-0.4, -0.2) is 34.4 Å². The lowest BCUT2D eigenvalue weighted by molar-refractivity contribution is -0.119. The summed E-state index contributed by atoms with van der Waals surface area (Å²) in [5, 5.41) is 20.0. The summed E-state index contributed by atoms with van der Waals surface area (Å²) in [6, 6.07) is 0.962. The molecular weight excluding hydrogens is 324 g/mol. The van der Waals surface area contributed by atoms with Crippen LogP contribution < -0.4 is 0 Å². The first kappa shape index (κ1) is 18.7. The van der Waals surface area contributed by atoms with E-state index in [4.69, 9.17) is 4.74 Å². The molecule has 0 bridgehead atoms. The molecule has 6 nitrogen and oxygen atoms in total. The first-order valence-electron chi connectivity index (χ1n) is 8.37. The van der Waals surface area contributed by atoms with Gasteiger partial charge in [0.2, 0.25) is 0 Å². The number of fused-ring (bicyclic) bond motifs is 1. The minimum absolute atomic E-state index is 0.0863. The summed E-state index contributed by atoms with van der Waals surface area (Å²) < 4.78 is 5.34. The molecule has 1 atom stereocenters. The van der Waals surface area contributed by atoms with Crippen LogP contribution in [0.3, 0.4) is 0 Å². The smallest absolute Gasteiger partial charge is 0.342 e. The maximum absolute atomic E-state index is 12.5. The largest absolute Gasteiger partial charge is 0.507 e. The lowest BCUT2D eigenvalue weighted by atomic mass is 9.97. The van der Waals surface area contributed by atoms with Crippen LogP contribution in [0.15, 0.2) is 12.1 Å². The van der Waals surface area contributed by atoms with E-state index in [9.17, 15) is 24.6 Å². The molecule has 0 amide bonds. The maximum Gasteiger partial charge on any atom is 0.342 e. The third kappa shape index (κ3) is 4.68. The number of aldehydes is 1. The number of rotatable bonds is 1. The molecule has 1 aliphatic rings. The summed E-state index contributed by atoms with van der Waals surface area (Å²) in [4.78, 5) is 35.6. The zero-order chi connectivity index (χ0) is 18.4. The molecule has 6 heteroatoms. The second kappa shape index (κ2) is 8.46. The quantitative estimate of drug-likeness (QED) is 0.597. The highest BCUT2D eigenvalue weighted by Crippen LogP contribution is 2.33. The van der Waals surface area contributed by atoms with Crippen LogP contribution in [0.1, 0.15) is 71.7 Å². The average Bonchev–Trinajstić information content (AvgIpc) is 2.53. The molecule has 0 aromatic heterocycles. The fraction of sp³-hybridized carbons (Fsp3) is 0.421. The van der Waals surface area contributed by atoms with Gasteiger partial charge in [-0.15, -0.1) is 0 Å². The van der Waals surface area contributed by atoms with Crippen molar-refractivity contribution in [3.05, 3.63) is 28.8 Å². The molecular formula is C19H22O6. The van der Waals surface area contributed by atoms with Gasteiger partial charge in [0.15, 0.2) is 6.29 Å². The number of Topliss-reactive ketones (excluding diaryl/α,β-unsaturated/α-hetero) is 1. The maximum atomic E-state index is 12.5. The summed E-state index contributed by atoms with van der Waals surface area (Å²) in [7, 11) is 0. The van der Waals surface area contributed by atoms with Gasteiger partial charge in [-0.2, -0.15) is 0 Å². The van der Waals surface area contributed by atoms with Crippen molar-refractivity contribution in [2.75, 3.05) is 0 Å². The number of ether oxygens (including phenoxy) is 1. The minimum Gasteiger partial charge on any atom is -0.507 e. The highest BCUT2D eigenvalue weighted by atomic mass is 16.5. The minimum atomic E-state index is -0.767. The molecule has 1 aliphatic heterocycles. The number of allylic oxidation sites excluding steroid dienone is 1.